The Hall–Kier alpha value is -4.64. The van der Waals surface area contributed by atoms with E-state index < -0.39 is 0 Å². The van der Waals surface area contributed by atoms with Crippen molar-refractivity contribution in [2.45, 2.75) is 0 Å². The molecule has 5 rings (SSSR count). The van der Waals surface area contributed by atoms with Crippen LogP contribution >= 0.6 is 0 Å². The van der Waals surface area contributed by atoms with Crippen LogP contribution in [0.1, 0.15) is 26.3 Å². The fourth-order valence-corrected chi connectivity index (χ4v) is 3.75. The molecule has 0 aliphatic heterocycles. The first-order valence-corrected chi connectivity index (χ1v) is 10.5. The number of amides is 1. The SMILES string of the molecule is O=C(c1ccccc1)c1ccccc1NC(=O)c1cc(-c2cccnc2)nc2ccccc12. The summed E-state index contributed by atoms with van der Waals surface area (Å²) in [5, 5.41) is 3.68. The summed E-state index contributed by atoms with van der Waals surface area (Å²) in [6.07, 6.45) is 3.41. The van der Waals surface area contributed by atoms with Crippen LogP contribution in [0, 0.1) is 0 Å². The first kappa shape index (κ1) is 20.3. The highest BCUT2D eigenvalue weighted by atomic mass is 16.2. The predicted octanol–water partition coefficient (Wildman–Crippen LogP) is 5.78. The number of nitrogens with zero attached hydrogens (tertiary/aromatic N) is 2. The number of benzene rings is 3. The van der Waals surface area contributed by atoms with Gasteiger partial charge in [-0.25, -0.2) is 4.98 Å². The normalized spacial score (nSPS) is 10.7. The van der Waals surface area contributed by atoms with Crippen LogP contribution in [0.5, 0.6) is 0 Å². The molecule has 1 N–H and O–H groups in total. The van der Waals surface area contributed by atoms with Crippen molar-refractivity contribution in [2.24, 2.45) is 0 Å². The highest BCUT2D eigenvalue weighted by molar-refractivity contribution is 6.17. The lowest BCUT2D eigenvalue weighted by Crippen LogP contribution is -2.16. The molecule has 0 spiro atoms. The number of pyridine rings is 2. The molecule has 158 valence electrons. The maximum atomic E-state index is 13.5. The fraction of sp³-hybridized carbons (Fsp3) is 0. The first-order valence-electron chi connectivity index (χ1n) is 10.5. The molecule has 0 radical (unpaired) electrons. The van der Waals surface area contributed by atoms with Crippen molar-refractivity contribution < 1.29 is 9.59 Å². The summed E-state index contributed by atoms with van der Waals surface area (Å²) in [4.78, 5) is 35.4. The molecule has 33 heavy (non-hydrogen) atoms. The van der Waals surface area contributed by atoms with E-state index in [1.54, 1.807) is 54.9 Å². The molecule has 3 aromatic carbocycles. The number of rotatable bonds is 5. The van der Waals surface area contributed by atoms with Gasteiger partial charge in [-0.3, -0.25) is 14.6 Å². The predicted molar refractivity (Wildman–Crippen MR) is 129 cm³/mol. The minimum Gasteiger partial charge on any atom is -0.321 e. The van der Waals surface area contributed by atoms with Gasteiger partial charge in [0, 0.05) is 34.5 Å². The number of hydrogen-bond donors (Lipinski definition) is 1. The second-order valence-electron chi connectivity index (χ2n) is 7.51. The van der Waals surface area contributed by atoms with Crippen LogP contribution in [0.3, 0.4) is 0 Å². The minimum atomic E-state index is -0.313. The van der Waals surface area contributed by atoms with Crippen LogP contribution in [0.2, 0.25) is 0 Å². The van der Waals surface area contributed by atoms with Gasteiger partial charge in [-0.1, -0.05) is 60.7 Å². The number of aromatic nitrogens is 2. The highest BCUT2D eigenvalue weighted by Gasteiger charge is 2.18. The summed E-state index contributed by atoms with van der Waals surface area (Å²) in [6, 6.07) is 29.0. The monoisotopic (exact) mass is 429 g/mol. The fourth-order valence-electron chi connectivity index (χ4n) is 3.75. The molecule has 0 aliphatic rings. The third-order valence-corrected chi connectivity index (χ3v) is 5.37. The molecule has 0 fully saturated rings. The molecule has 2 heterocycles. The number of nitrogens with one attached hydrogen (secondary N) is 1. The van der Waals surface area contributed by atoms with Gasteiger partial charge in [0.15, 0.2) is 5.78 Å². The van der Waals surface area contributed by atoms with Crippen LogP contribution in [0.15, 0.2) is 109 Å². The Bertz CT molecular complexity index is 1470. The lowest BCUT2D eigenvalue weighted by molar-refractivity contribution is 0.102. The van der Waals surface area contributed by atoms with Crippen LogP contribution in [-0.4, -0.2) is 21.7 Å². The van der Waals surface area contributed by atoms with E-state index in [1.165, 1.54) is 0 Å². The Morgan fingerprint density at radius 2 is 1.48 bits per heavy atom. The smallest absolute Gasteiger partial charge is 0.256 e. The first-order chi connectivity index (χ1) is 16.2. The molecule has 5 nitrogen and oxygen atoms in total. The summed E-state index contributed by atoms with van der Waals surface area (Å²) in [6.45, 7) is 0. The molecule has 0 saturated heterocycles. The average Bonchev–Trinajstić information content (AvgIpc) is 2.89. The Kier molecular flexibility index (Phi) is 5.43. The van der Waals surface area contributed by atoms with Gasteiger partial charge in [0.25, 0.3) is 5.91 Å². The lowest BCUT2D eigenvalue weighted by atomic mass is 10.0. The Labute approximate surface area is 190 Å². The molecular formula is C28H19N3O2. The molecule has 0 atom stereocenters. The number of para-hydroxylation sites is 2. The molecule has 0 saturated carbocycles. The van der Waals surface area contributed by atoms with Crippen molar-refractivity contribution in [3.05, 3.63) is 126 Å². The van der Waals surface area contributed by atoms with Gasteiger partial charge >= 0.3 is 0 Å². The number of anilines is 1. The van der Waals surface area contributed by atoms with E-state index in [9.17, 15) is 9.59 Å². The van der Waals surface area contributed by atoms with E-state index in [4.69, 9.17) is 4.98 Å². The standard InChI is InChI=1S/C28H19N3O2/c32-27(19-9-2-1-3-10-19)22-13-5-7-15-25(22)31-28(33)23-17-26(20-11-8-16-29-18-20)30-24-14-6-4-12-21(23)24/h1-18H,(H,31,33). The summed E-state index contributed by atoms with van der Waals surface area (Å²) >= 11 is 0. The maximum absolute atomic E-state index is 13.5. The second kappa shape index (κ2) is 8.85. The van der Waals surface area contributed by atoms with Crippen molar-refractivity contribution in [1.29, 1.82) is 0 Å². The van der Waals surface area contributed by atoms with E-state index in [-0.39, 0.29) is 11.7 Å². The second-order valence-corrected chi connectivity index (χ2v) is 7.51. The minimum absolute atomic E-state index is 0.151. The quantitative estimate of drug-likeness (QED) is 0.360. The van der Waals surface area contributed by atoms with Gasteiger partial charge in [-0.15, -0.1) is 0 Å². The van der Waals surface area contributed by atoms with Gasteiger partial charge in [-0.05, 0) is 36.4 Å². The number of carbonyl (C=O) groups excluding carboxylic acids is 2. The molecule has 5 heteroatoms. The molecule has 2 aromatic heterocycles. The van der Waals surface area contributed by atoms with Crippen molar-refractivity contribution in [3.8, 4) is 11.3 Å². The van der Waals surface area contributed by atoms with E-state index in [0.717, 1.165) is 10.9 Å². The van der Waals surface area contributed by atoms with Crippen LogP contribution in [0.4, 0.5) is 5.69 Å². The summed E-state index contributed by atoms with van der Waals surface area (Å²) in [7, 11) is 0. The third-order valence-electron chi connectivity index (χ3n) is 5.37. The summed E-state index contributed by atoms with van der Waals surface area (Å²) < 4.78 is 0. The van der Waals surface area contributed by atoms with Gasteiger partial charge in [0.2, 0.25) is 0 Å². The number of hydrogen-bond acceptors (Lipinski definition) is 4. The number of fused-ring (bicyclic) bond motifs is 1. The molecule has 5 aromatic rings. The molecule has 0 unspecified atom stereocenters. The van der Waals surface area contributed by atoms with Crippen molar-refractivity contribution in [2.75, 3.05) is 5.32 Å². The molecule has 0 aliphatic carbocycles. The molecular weight excluding hydrogens is 410 g/mol. The zero-order valence-corrected chi connectivity index (χ0v) is 17.6. The Balaban J connectivity index is 1.55. The maximum Gasteiger partial charge on any atom is 0.256 e. The van der Waals surface area contributed by atoms with Gasteiger partial charge in [0.1, 0.15) is 0 Å². The lowest BCUT2D eigenvalue weighted by Gasteiger charge is -2.13. The summed E-state index contributed by atoms with van der Waals surface area (Å²) in [5.41, 5.74) is 4.10. The van der Waals surface area contributed by atoms with Crippen LogP contribution < -0.4 is 5.32 Å². The van der Waals surface area contributed by atoms with Crippen molar-refractivity contribution in [3.63, 3.8) is 0 Å². The van der Waals surface area contributed by atoms with Gasteiger partial charge in [0.05, 0.1) is 22.5 Å². The summed E-state index contributed by atoms with van der Waals surface area (Å²) in [5.74, 6) is -0.464. The van der Waals surface area contributed by atoms with E-state index in [1.807, 2.05) is 54.6 Å². The molecule has 1 amide bonds. The molecule has 0 bridgehead atoms. The van der Waals surface area contributed by atoms with Gasteiger partial charge < -0.3 is 5.32 Å². The van der Waals surface area contributed by atoms with E-state index >= 15 is 0 Å². The highest BCUT2D eigenvalue weighted by Crippen LogP contribution is 2.26. The van der Waals surface area contributed by atoms with Gasteiger partial charge in [-0.2, -0.15) is 0 Å². The van der Waals surface area contributed by atoms with Crippen LogP contribution in [0.25, 0.3) is 22.2 Å². The Morgan fingerprint density at radius 1 is 0.727 bits per heavy atom. The Morgan fingerprint density at radius 3 is 2.30 bits per heavy atom. The zero-order valence-electron chi connectivity index (χ0n) is 17.6. The number of ketones is 1. The van der Waals surface area contributed by atoms with E-state index in [0.29, 0.717) is 33.6 Å². The third kappa shape index (κ3) is 4.12. The average molecular weight is 429 g/mol. The van der Waals surface area contributed by atoms with Crippen molar-refractivity contribution >= 4 is 28.3 Å². The zero-order chi connectivity index (χ0) is 22.6. The largest absolute Gasteiger partial charge is 0.321 e. The van der Waals surface area contributed by atoms with Crippen LogP contribution in [-0.2, 0) is 0 Å². The van der Waals surface area contributed by atoms with E-state index in [2.05, 4.69) is 10.3 Å². The topological polar surface area (TPSA) is 72.0 Å². The number of carbonyl (C=O) groups is 2. The van der Waals surface area contributed by atoms with Crippen molar-refractivity contribution in [1.82, 2.24) is 9.97 Å².